The van der Waals surface area contributed by atoms with E-state index in [9.17, 15) is 14.7 Å². The Hall–Kier alpha value is -1.10. The van der Waals surface area contributed by atoms with E-state index in [1.165, 1.54) is 0 Å². The number of likely N-dealkylation sites (tertiary alicyclic amines) is 1. The molecule has 5 heteroatoms. The first-order valence-electron chi connectivity index (χ1n) is 6.69. The number of hydrogen-bond acceptors (Lipinski definition) is 3. The molecule has 1 saturated heterocycles. The van der Waals surface area contributed by atoms with E-state index in [4.69, 9.17) is 0 Å². The van der Waals surface area contributed by atoms with E-state index in [2.05, 4.69) is 5.32 Å². The number of carbonyl (C=O) groups is 2. The minimum atomic E-state index is -1.03. The van der Waals surface area contributed by atoms with Crippen LogP contribution < -0.4 is 5.32 Å². The van der Waals surface area contributed by atoms with Crippen molar-refractivity contribution in [1.82, 2.24) is 10.2 Å². The van der Waals surface area contributed by atoms with E-state index in [1.54, 1.807) is 11.8 Å². The van der Waals surface area contributed by atoms with Crippen molar-refractivity contribution in [3.8, 4) is 0 Å². The van der Waals surface area contributed by atoms with Gasteiger partial charge in [0.15, 0.2) is 0 Å². The lowest BCUT2D eigenvalue weighted by Gasteiger charge is -2.42. The van der Waals surface area contributed by atoms with Crippen LogP contribution in [0.3, 0.4) is 0 Å². The van der Waals surface area contributed by atoms with Crippen LogP contribution in [-0.4, -0.2) is 46.6 Å². The number of piperidine rings is 1. The van der Waals surface area contributed by atoms with Gasteiger partial charge in [0.2, 0.25) is 5.91 Å². The van der Waals surface area contributed by atoms with Gasteiger partial charge >= 0.3 is 5.97 Å². The summed E-state index contributed by atoms with van der Waals surface area (Å²) in [4.78, 5) is 25.2. The number of hydrogen-bond donors (Lipinski definition) is 2. The van der Waals surface area contributed by atoms with Gasteiger partial charge in [-0.1, -0.05) is 6.92 Å². The number of amides is 1. The van der Waals surface area contributed by atoms with Crippen molar-refractivity contribution < 1.29 is 14.7 Å². The summed E-state index contributed by atoms with van der Waals surface area (Å²) in [6.45, 7) is 6.96. The van der Waals surface area contributed by atoms with Crippen LogP contribution in [-0.2, 0) is 9.59 Å². The summed E-state index contributed by atoms with van der Waals surface area (Å²) in [5.74, 6) is -0.959. The quantitative estimate of drug-likeness (QED) is 0.776. The molecule has 1 amide bonds. The number of carboxylic acids is 1. The molecule has 0 spiro atoms. The first-order valence-corrected chi connectivity index (χ1v) is 6.69. The van der Waals surface area contributed by atoms with Gasteiger partial charge in [-0.15, -0.1) is 0 Å². The summed E-state index contributed by atoms with van der Waals surface area (Å²) in [6.07, 6.45) is 2.67. The minimum Gasteiger partial charge on any atom is -0.480 e. The average Bonchev–Trinajstić information content (AvgIpc) is 2.29. The van der Waals surface area contributed by atoms with Gasteiger partial charge in [0.25, 0.3) is 0 Å². The van der Waals surface area contributed by atoms with Crippen LogP contribution in [0, 0.1) is 0 Å². The number of carboxylic acid groups (broad SMARTS) is 1. The zero-order valence-corrected chi connectivity index (χ0v) is 11.5. The lowest BCUT2D eigenvalue weighted by atomic mass is 9.88. The highest BCUT2D eigenvalue weighted by Crippen LogP contribution is 2.29. The molecule has 0 saturated carbocycles. The van der Waals surface area contributed by atoms with E-state index < -0.39 is 11.5 Å². The van der Waals surface area contributed by atoms with Crippen molar-refractivity contribution in [2.75, 3.05) is 13.1 Å². The fraction of sp³-hybridized carbons (Fsp3) is 0.846. The smallest absolute Gasteiger partial charge is 0.329 e. The molecule has 1 rings (SSSR count). The van der Waals surface area contributed by atoms with Crippen molar-refractivity contribution in [3.63, 3.8) is 0 Å². The Balaban J connectivity index is 2.72. The second-order valence-electron chi connectivity index (χ2n) is 5.24. The van der Waals surface area contributed by atoms with Gasteiger partial charge in [-0.25, -0.2) is 4.79 Å². The van der Waals surface area contributed by atoms with Gasteiger partial charge in [0.05, 0.1) is 0 Å². The zero-order valence-electron chi connectivity index (χ0n) is 11.5. The van der Waals surface area contributed by atoms with E-state index in [0.717, 1.165) is 19.4 Å². The van der Waals surface area contributed by atoms with Crippen molar-refractivity contribution in [3.05, 3.63) is 0 Å². The van der Waals surface area contributed by atoms with Crippen LogP contribution in [0.15, 0.2) is 0 Å². The fourth-order valence-corrected chi connectivity index (χ4v) is 2.54. The molecule has 0 bridgehead atoms. The monoisotopic (exact) mass is 256 g/mol. The van der Waals surface area contributed by atoms with Gasteiger partial charge in [-0.2, -0.15) is 0 Å². The zero-order chi connectivity index (χ0) is 13.8. The molecule has 0 aromatic carbocycles. The first kappa shape index (κ1) is 15.0. The largest absolute Gasteiger partial charge is 0.480 e. The fourth-order valence-electron chi connectivity index (χ4n) is 2.54. The molecule has 1 fully saturated rings. The Morgan fingerprint density at radius 1 is 1.44 bits per heavy atom. The second-order valence-corrected chi connectivity index (χ2v) is 5.24. The summed E-state index contributed by atoms with van der Waals surface area (Å²) in [7, 11) is 0. The third-order valence-electron chi connectivity index (χ3n) is 3.69. The predicted molar refractivity (Wildman–Crippen MR) is 69.4 cm³/mol. The normalized spacial score (nSPS) is 25.8. The summed E-state index contributed by atoms with van der Waals surface area (Å²) in [6, 6.07) is 0.0856. The minimum absolute atomic E-state index is 0.0620. The molecule has 0 aromatic heterocycles. The van der Waals surface area contributed by atoms with Gasteiger partial charge in [0.1, 0.15) is 5.54 Å². The Kier molecular flexibility index (Phi) is 5.14. The summed E-state index contributed by atoms with van der Waals surface area (Å²) < 4.78 is 0. The van der Waals surface area contributed by atoms with Gasteiger partial charge in [0, 0.05) is 19.0 Å². The maximum atomic E-state index is 12.2. The number of aliphatic carboxylic acids is 1. The van der Waals surface area contributed by atoms with Crippen LogP contribution >= 0.6 is 0 Å². The predicted octanol–water partition coefficient (Wildman–Crippen LogP) is 1.23. The van der Waals surface area contributed by atoms with E-state index >= 15 is 0 Å². The molecular weight excluding hydrogens is 232 g/mol. The second kappa shape index (κ2) is 6.18. The maximum Gasteiger partial charge on any atom is 0.329 e. The summed E-state index contributed by atoms with van der Waals surface area (Å²) >= 11 is 0. The summed E-state index contributed by atoms with van der Waals surface area (Å²) in [5, 5.41) is 12.5. The Bertz CT molecular complexity index is 319. The van der Waals surface area contributed by atoms with Crippen molar-refractivity contribution >= 4 is 11.9 Å². The molecule has 2 N–H and O–H groups in total. The number of carbonyl (C=O) groups excluding carboxylic acids is 1. The van der Waals surface area contributed by atoms with Crippen LogP contribution in [0.5, 0.6) is 0 Å². The van der Waals surface area contributed by atoms with Crippen LogP contribution in [0.25, 0.3) is 0 Å². The molecule has 2 atom stereocenters. The molecule has 2 unspecified atom stereocenters. The Morgan fingerprint density at radius 2 is 2.11 bits per heavy atom. The number of rotatable bonds is 5. The molecule has 0 radical (unpaired) electrons. The molecule has 18 heavy (non-hydrogen) atoms. The third kappa shape index (κ3) is 3.22. The van der Waals surface area contributed by atoms with Crippen LogP contribution in [0.2, 0.25) is 0 Å². The highest BCUT2D eigenvalue weighted by molar-refractivity contribution is 5.87. The molecule has 0 aromatic rings. The summed E-state index contributed by atoms with van der Waals surface area (Å²) in [5.41, 5.74) is -1.03. The molecule has 0 aliphatic carbocycles. The molecule has 1 aliphatic heterocycles. The lowest BCUT2D eigenvalue weighted by molar-refractivity contribution is -0.161. The molecule has 5 nitrogen and oxygen atoms in total. The number of nitrogens with one attached hydrogen (secondary N) is 1. The van der Waals surface area contributed by atoms with Crippen molar-refractivity contribution in [2.24, 2.45) is 0 Å². The van der Waals surface area contributed by atoms with Gasteiger partial charge < -0.3 is 15.3 Å². The highest BCUT2D eigenvalue weighted by Gasteiger charge is 2.43. The topological polar surface area (TPSA) is 69.6 Å². The van der Waals surface area contributed by atoms with E-state index in [0.29, 0.717) is 19.4 Å². The number of nitrogens with zero attached hydrogens (tertiary/aromatic N) is 1. The average molecular weight is 256 g/mol. The molecular formula is C13H24N2O3. The van der Waals surface area contributed by atoms with Crippen LogP contribution in [0.4, 0.5) is 0 Å². The molecule has 104 valence electrons. The van der Waals surface area contributed by atoms with Crippen molar-refractivity contribution in [2.45, 2.75) is 58.0 Å². The Labute approximate surface area is 109 Å². The van der Waals surface area contributed by atoms with Crippen molar-refractivity contribution in [1.29, 1.82) is 0 Å². The maximum absolute atomic E-state index is 12.2. The first-order chi connectivity index (χ1) is 8.41. The highest BCUT2D eigenvalue weighted by atomic mass is 16.4. The SMILES string of the molecule is CCNC(C)CC(=O)N1CCCCC1(C)C(=O)O. The Morgan fingerprint density at radius 3 is 2.67 bits per heavy atom. The van der Waals surface area contributed by atoms with Crippen LogP contribution in [0.1, 0.15) is 46.5 Å². The molecule has 1 aliphatic rings. The van der Waals surface area contributed by atoms with Gasteiger partial charge in [-0.05, 0) is 39.7 Å². The molecule has 1 heterocycles. The standard InChI is InChI=1S/C13H24N2O3/c1-4-14-10(2)9-11(16)15-8-6-5-7-13(15,3)12(17)18/h10,14H,4-9H2,1-3H3,(H,17,18). The van der Waals surface area contributed by atoms with Gasteiger partial charge in [-0.3, -0.25) is 4.79 Å². The third-order valence-corrected chi connectivity index (χ3v) is 3.69. The lowest BCUT2D eigenvalue weighted by Crippen LogP contribution is -2.58. The van der Waals surface area contributed by atoms with E-state index in [1.807, 2.05) is 13.8 Å². The van der Waals surface area contributed by atoms with E-state index in [-0.39, 0.29) is 11.9 Å².